The summed E-state index contributed by atoms with van der Waals surface area (Å²) in [5.41, 5.74) is 3.93. The maximum atomic E-state index is 12.2. The number of hydrogen-bond acceptors (Lipinski definition) is 1. The summed E-state index contributed by atoms with van der Waals surface area (Å²) in [4.78, 5) is 15.4. The van der Waals surface area contributed by atoms with Gasteiger partial charge in [0.15, 0.2) is 5.43 Å². The molecular weight excluding hydrogens is 248 g/mol. The molecular formula is C17H12N2O. The molecule has 1 N–H and O–H groups in total. The number of hydrogen-bond donors (Lipinski definition) is 1. The molecule has 3 heteroatoms. The van der Waals surface area contributed by atoms with E-state index in [9.17, 15) is 4.79 Å². The number of rotatable bonds is 1. The van der Waals surface area contributed by atoms with E-state index in [1.165, 1.54) is 0 Å². The number of fused-ring (bicyclic) bond motifs is 3. The summed E-state index contributed by atoms with van der Waals surface area (Å²) in [5, 5.41) is 0.743. The second-order valence-corrected chi connectivity index (χ2v) is 4.75. The van der Waals surface area contributed by atoms with E-state index in [1.54, 1.807) is 6.07 Å². The number of pyridine rings is 1. The summed E-state index contributed by atoms with van der Waals surface area (Å²) in [7, 11) is 0. The lowest BCUT2D eigenvalue weighted by molar-refractivity contribution is 1.17. The normalized spacial score (nSPS) is 11.2. The summed E-state index contributed by atoms with van der Waals surface area (Å²) in [5.74, 6) is 0. The molecule has 0 atom stereocenters. The number of aromatic nitrogens is 2. The molecule has 0 bridgehead atoms. The second kappa shape index (κ2) is 4.10. The zero-order valence-corrected chi connectivity index (χ0v) is 10.7. The van der Waals surface area contributed by atoms with Crippen LogP contribution in [0.25, 0.3) is 27.6 Å². The first-order valence-electron chi connectivity index (χ1n) is 6.52. The summed E-state index contributed by atoms with van der Waals surface area (Å²) in [6, 6.07) is 19.5. The third-order valence-electron chi connectivity index (χ3n) is 3.58. The van der Waals surface area contributed by atoms with E-state index < -0.39 is 0 Å². The molecule has 0 aliphatic heterocycles. The third-order valence-corrected chi connectivity index (χ3v) is 3.58. The highest BCUT2D eigenvalue weighted by Gasteiger charge is 2.13. The van der Waals surface area contributed by atoms with Crippen molar-refractivity contribution in [1.82, 2.24) is 9.55 Å². The fourth-order valence-corrected chi connectivity index (χ4v) is 2.76. The Morgan fingerprint density at radius 3 is 2.45 bits per heavy atom. The Hall–Kier alpha value is -2.81. The van der Waals surface area contributed by atoms with Crippen LogP contribution >= 0.6 is 0 Å². The zero-order chi connectivity index (χ0) is 13.5. The first-order valence-corrected chi connectivity index (χ1v) is 6.52. The van der Waals surface area contributed by atoms with Gasteiger partial charge in [0.05, 0.1) is 21.9 Å². The van der Waals surface area contributed by atoms with E-state index in [4.69, 9.17) is 0 Å². The van der Waals surface area contributed by atoms with Gasteiger partial charge in [0, 0.05) is 11.9 Å². The summed E-state index contributed by atoms with van der Waals surface area (Å²) >= 11 is 0. The lowest BCUT2D eigenvalue weighted by Crippen LogP contribution is -1.98. The highest BCUT2D eigenvalue weighted by atomic mass is 16.1. The van der Waals surface area contributed by atoms with Crippen LogP contribution in [-0.2, 0) is 0 Å². The Bertz CT molecular complexity index is 965. The number of H-pyrrole nitrogens is 1. The van der Waals surface area contributed by atoms with Crippen LogP contribution in [-0.4, -0.2) is 9.55 Å². The van der Waals surface area contributed by atoms with Gasteiger partial charge in [0.25, 0.3) is 0 Å². The van der Waals surface area contributed by atoms with Gasteiger partial charge in [-0.15, -0.1) is 0 Å². The van der Waals surface area contributed by atoms with E-state index in [-0.39, 0.29) is 5.43 Å². The maximum Gasteiger partial charge on any atom is 0.190 e. The fourth-order valence-electron chi connectivity index (χ4n) is 2.76. The molecule has 0 spiro atoms. The molecule has 0 aliphatic rings. The van der Waals surface area contributed by atoms with Crippen LogP contribution in [0, 0.1) is 0 Å². The predicted molar refractivity (Wildman–Crippen MR) is 81.4 cm³/mol. The third kappa shape index (κ3) is 1.43. The SMILES string of the molecule is O=c1cccc2c1c1[nH]cccc1n2-c1ccccc1. The van der Waals surface area contributed by atoms with Crippen molar-refractivity contribution in [2.45, 2.75) is 0 Å². The minimum atomic E-state index is 0.0460. The molecule has 0 radical (unpaired) electrons. The minimum Gasteiger partial charge on any atom is -0.359 e. The van der Waals surface area contributed by atoms with Crippen molar-refractivity contribution in [3.8, 4) is 5.69 Å². The molecule has 4 rings (SSSR count). The van der Waals surface area contributed by atoms with Crippen LogP contribution in [0.4, 0.5) is 0 Å². The predicted octanol–water partition coefficient (Wildman–Crippen LogP) is 3.47. The number of benzene rings is 2. The summed E-state index contributed by atoms with van der Waals surface area (Å²) in [6.07, 6.45) is 1.85. The van der Waals surface area contributed by atoms with Crippen LogP contribution in [0.15, 0.2) is 71.7 Å². The Morgan fingerprint density at radius 1 is 0.800 bits per heavy atom. The first-order chi connectivity index (χ1) is 9.86. The van der Waals surface area contributed by atoms with Crippen molar-refractivity contribution >= 4 is 21.9 Å². The van der Waals surface area contributed by atoms with Crippen molar-refractivity contribution in [2.24, 2.45) is 0 Å². The molecule has 2 heterocycles. The number of nitrogens with zero attached hydrogens (tertiary/aromatic N) is 1. The zero-order valence-electron chi connectivity index (χ0n) is 10.7. The van der Waals surface area contributed by atoms with Crippen molar-refractivity contribution in [3.63, 3.8) is 0 Å². The molecule has 0 unspecified atom stereocenters. The van der Waals surface area contributed by atoms with Crippen LogP contribution in [0.3, 0.4) is 0 Å². The minimum absolute atomic E-state index is 0.0460. The maximum absolute atomic E-state index is 12.2. The Labute approximate surface area is 115 Å². The van der Waals surface area contributed by atoms with Crippen molar-refractivity contribution in [3.05, 3.63) is 77.1 Å². The second-order valence-electron chi connectivity index (χ2n) is 4.75. The Balaban J connectivity index is 2.29. The van der Waals surface area contributed by atoms with E-state index in [1.807, 2.05) is 60.8 Å². The largest absolute Gasteiger partial charge is 0.359 e. The van der Waals surface area contributed by atoms with Crippen LogP contribution in [0.2, 0.25) is 0 Å². The van der Waals surface area contributed by atoms with Gasteiger partial charge < -0.3 is 9.55 Å². The molecule has 0 aliphatic carbocycles. The van der Waals surface area contributed by atoms with Crippen LogP contribution in [0.5, 0.6) is 0 Å². The average molecular weight is 260 g/mol. The molecule has 3 nitrogen and oxygen atoms in total. The molecule has 0 saturated carbocycles. The molecule has 0 amide bonds. The Kier molecular flexibility index (Phi) is 2.27. The van der Waals surface area contributed by atoms with E-state index >= 15 is 0 Å². The highest BCUT2D eigenvalue weighted by molar-refractivity contribution is 6.06. The quantitative estimate of drug-likeness (QED) is 0.559. The van der Waals surface area contributed by atoms with Crippen molar-refractivity contribution < 1.29 is 0 Å². The monoisotopic (exact) mass is 260 g/mol. The van der Waals surface area contributed by atoms with Gasteiger partial charge in [0.1, 0.15) is 0 Å². The van der Waals surface area contributed by atoms with Gasteiger partial charge in [-0.2, -0.15) is 0 Å². The molecule has 20 heavy (non-hydrogen) atoms. The van der Waals surface area contributed by atoms with Crippen LogP contribution < -0.4 is 5.43 Å². The molecule has 2 aromatic carbocycles. The first kappa shape index (κ1) is 11.1. The molecule has 96 valence electrons. The van der Waals surface area contributed by atoms with Gasteiger partial charge in [-0.25, -0.2) is 0 Å². The molecule has 4 aromatic rings. The average Bonchev–Trinajstić information content (AvgIpc) is 2.84. The van der Waals surface area contributed by atoms with Crippen molar-refractivity contribution in [1.29, 1.82) is 0 Å². The van der Waals surface area contributed by atoms with Gasteiger partial charge in [-0.05, 0) is 36.4 Å². The fraction of sp³-hybridized carbons (Fsp3) is 0. The highest BCUT2D eigenvalue weighted by Crippen LogP contribution is 2.27. The number of aromatic amines is 1. The van der Waals surface area contributed by atoms with Gasteiger partial charge in [-0.3, -0.25) is 4.79 Å². The topological polar surface area (TPSA) is 37.8 Å². The lowest BCUT2D eigenvalue weighted by atomic mass is 10.2. The van der Waals surface area contributed by atoms with Crippen molar-refractivity contribution in [2.75, 3.05) is 0 Å². The van der Waals surface area contributed by atoms with E-state index in [0.717, 1.165) is 27.6 Å². The molecule has 0 saturated heterocycles. The van der Waals surface area contributed by atoms with Gasteiger partial charge >= 0.3 is 0 Å². The van der Waals surface area contributed by atoms with Gasteiger partial charge in [-0.1, -0.05) is 24.3 Å². The van der Waals surface area contributed by atoms with Gasteiger partial charge in [0.2, 0.25) is 0 Å². The molecule has 2 aromatic heterocycles. The number of nitrogens with one attached hydrogen (secondary N) is 1. The Morgan fingerprint density at radius 2 is 1.60 bits per heavy atom. The standard InChI is InChI=1S/C17H12N2O/c20-15-10-4-8-13-16(15)17-14(9-5-11-18-17)19(13)12-6-2-1-3-7-12/h1-11,18H. The van der Waals surface area contributed by atoms with E-state index in [2.05, 4.69) is 9.55 Å². The summed E-state index contributed by atoms with van der Waals surface area (Å²) in [6.45, 7) is 0. The molecule has 0 fully saturated rings. The van der Waals surface area contributed by atoms with E-state index in [0.29, 0.717) is 0 Å². The lowest BCUT2D eigenvalue weighted by Gasteiger charge is -2.06. The summed E-state index contributed by atoms with van der Waals surface area (Å²) < 4.78 is 2.11. The smallest absolute Gasteiger partial charge is 0.190 e. The number of para-hydroxylation sites is 1. The van der Waals surface area contributed by atoms with Crippen LogP contribution in [0.1, 0.15) is 0 Å².